The van der Waals surface area contributed by atoms with E-state index in [1.54, 1.807) is 0 Å². The third-order valence-corrected chi connectivity index (χ3v) is 1.82. The minimum Gasteiger partial charge on any atom is -0.305 e. The summed E-state index contributed by atoms with van der Waals surface area (Å²) in [5.74, 6) is 2.48. The minimum atomic E-state index is -0.0569. The van der Waals surface area contributed by atoms with E-state index in [4.69, 9.17) is 6.42 Å². The molecule has 2 heteroatoms. The Morgan fingerprint density at radius 3 is 2.91 bits per heavy atom. The molecule has 0 spiro atoms. The van der Waals surface area contributed by atoms with Gasteiger partial charge in [0, 0.05) is 6.04 Å². The molecule has 0 aromatic heterocycles. The number of ketones is 1. The Hall–Kier alpha value is -0.810. The Labute approximate surface area is 67.4 Å². The Morgan fingerprint density at radius 1 is 1.82 bits per heavy atom. The summed E-state index contributed by atoms with van der Waals surface area (Å²) in [6.45, 7) is 1.87. The quantitative estimate of drug-likeness (QED) is 0.600. The highest BCUT2D eigenvalue weighted by molar-refractivity contribution is 5.85. The van der Waals surface area contributed by atoms with Crippen LogP contribution < -0.4 is 5.32 Å². The maximum absolute atomic E-state index is 11.1. The predicted molar refractivity (Wildman–Crippen MR) is 44.1 cm³/mol. The lowest BCUT2D eigenvalue weighted by Crippen LogP contribution is -2.35. The molecule has 2 nitrogen and oxygen atoms in total. The van der Waals surface area contributed by atoms with Gasteiger partial charge < -0.3 is 5.32 Å². The third kappa shape index (κ3) is 2.73. The molecule has 0 amide bonds. The number of Topliss-reactive ketones (excluding diaryl/α,β-unsaturated/α-hetero) is 1. The van der Waals surface area contributed by atoms with Crippen molar-refractivity contribution in [2.24, 2.45) is 0 Å². The Balaban J connectivity index is 2.22. The molecule has 0 aliphatic heterocycles. The number of nitrogens with one attached hydrogen (secondary N) is 1. The van der Waals surface area contributed by atoms with Crippen molar-refractivity contribution >= 4 is 5.78 Å². The average Bonchev–Trinajstić information content (AvgIpc) is 2.72. The van der Waals surface area contributed by atoms with Gasteiger partial charge in [-0.2, -0.15) is 0 Å². The molecular weight excluding hydrogens is 138 g/mol. The fourth-order valence-electron chi connectivity index (χ4n) is 0.950. The first-order chi connectivity index (χ1) is 5.24. The molecule has 1 N–H and O–H groups in total. The van der Waals surface area contributed by atoms with E-state index >= 15 is 0 Å². The molecule has 1 aliphatic rings. The highest BCUT2D eigenvalue weighted by Crippen LogP contribution is 2.19. The van der Waals surface area contributed by atoms with Crippen LogP contribution >= 0.6 is 0 Å². The number of carbonyl (C=O) groups excluding carboxylic acids is 1. The first kappa shape index (κ1) is 8.29. The summed E-state index contributed by atoms with van der Waals surface area (Å²) in [5.41, 5.74) is 0. The Morgan fingerprint density at radius 2 is 2.45 bits per heavy atom. The first-order valence-corrected chi connectivity index (χ1v) is 3.96. The van der Waals surface area contributed by atoms with E-state index in [1.165, 1.54) is 12.8 Å². The molecule has 1 fully saturated rings. The number of terminal acetylenes is 1. The van der Waals surface area contributed by atoms with Crippen LogP contribution in [0.1, 0.15) is 26.2 Å². The van der Waals surface area contributed by atoms with Gasteiger partial charge in [-0.15, -0.1) is 6.42 Å². The molecule has 0 aromatic rings. The molecule has 1 aliphatic carbocycles. The van der Waals surface area contributed by atoms with E-state index < -0.39 is 0 Å². The van der Waals surface area contributed by atoms with Crippen molar-refractivity contribution in [1.82, 2.24) is 5.32 Å². The van der Waals surface area contributed by atoms with Gasteiger partial charge >= 0.3 is 0 Å². The van der Waals surface area contributed by atoms with E-state index in [1.807, 2.05) is 6.92 Å². The van der Waals surface area contributed by atoms with Gasteiger partial charge in [-0.05, 0) is 19.8 Å². The summed E-state index contributed by atoms with van der Waals surface area (Å²) >= 11 is 0. The molecule has 0 heterocycles. The second kappa shape index (κ2) is 3.54. The van der Waals surface area contributed by atoms with Crippen molar-refractivity contribution in [2.75, 3.05) is 0 Å². The summed E-state index contributed by atoms with van der Waals surface area (Å²) in [6.07, 6.45) is 7.67. The zero-order chi connectivity index (χ0) is 8.27. The van der Waals surface area contributed by atoms with Gasteiger partial charge in [0.05, 0.1) is 12.5 Å². The van der Waals surface area contributed by atoms with Crippen LogP contribution in [0.15, 0.2) is 0 Å². The van der Waals surface area contributed by atoms with Gasteiger partial charge in [0.25, 0.3) is 0 Å². The predicted octanol–water partition coefficient (Wildman–Crippen LogP) is 0.719. The van der Waals surface area contributed by atoms with E-state index in [9.17, 15) is 4.79 Å². The number of rotatable bonds is 4. The maximum Gasteiger partial charge on any atom is 0.161 e. The van der Waals surface area contributed by atoms with Crippen molar-refractivity contribution in [2.45, 2.75) is 38.3 Å². The molecule has 1 atom stereocenters. The summed E-state index contributed by atoms with van der Waals surface area (Å²) in [6, 6.07) is 0.519. The molecule has 0 saturated heterocycles. The average molecular weight is 151 g/mol. The monoisotopic (exact) mass is 151 g/mol. The summed E-state index contributed by atoms with van der Waals surface area (Å²) in [5, 5.41) is 3.19. The van der Waals surface area contributed by atoms with E-state index in [0.717, 1.165) is 0 Å². The number of carbonyl (C=O) groups is 1. The molecular formula is C9H13NO. The molecule has 0 aromatic carbocycles. The van der Waals surface area contributed by atoms with Crippen molar-refractivity contribution < 1.29 is 4.79 Å². The SMILES string of the molecule is C#CCC(=O)C(C)NC1CC1. The topological polar surface area (TPSA) is 29.1 Å². The van der Waals surface area contributed by atoms with Crippen LogP contribution in [-0.2, 0) is 4.79 Å². The lowest BCUT2D eigenvalue weighted by molar-refractivity contribution is -0.119. The molecule has 0 radical (unpaired) electrons. The summed E-state index contributed by atoms with van der Waals surface area (Å²) < 4.78 is 0. The fraction of sp³-hybridized carbons (Fsp3) is 0.667. The van der Waals surface area contributed by atoms with Gasteiger partial charge in [-0.3, -0.25) is 4.79 Å². The second-order valence-corrected chi connectivity index (χ2v) is 3.01. The molecule has 1 unspecified atom stereocenters. The van der Waals surface area contributed by atoms with Crippen LogP contribution in [0.2, 0.25) is 0 Å². The van der Waals surface area contributed by atoms with Crippen LogP contribution in [0.3, 0.4) is 0 Å². The van der Waals surface area contributed by atoms with Crippen LogP contribution in [0, 0.1) is 12.3 Å². The molecule has 1 saturated carbocycles. The summed E-state index contributed by atoms with van der Waals surface area (Å²) in [4.78, 5) is 11.1. The van der Waals surface area contributed by atoms with Gasteiger partial charge in [0.1, 0.15) is 0 Å². The highest BCUT2D eigenvalue weighted by Gasteiger charge is 2.24. The van der Waals surface area contributed by atoms with Gasteiger partial charge in [-0.1, -0.05) is 5.92 Å². The summed E-state index contributed by atoms with van der Waals surface area (Å²) in [7, 11) is 0. The van der Waals surface area contributed by atoms with Crippen LogP contribution in [0.4, 0.5) is 0 Å². The van der Waals surface area contributed by atoms with E-state index in [0.29, 0.717) is 6.04 Å². The third-order valence-electron chi connectivity index (χ3n) is 1.82. The zero-order valence-corrected chi connectivity index (χ0v) is 6.76. The number of hydrogen-bond acceptors (Lipinski definition) is 2. The van der Waals surface area contributed by atoms with Crippen LogP contribution in [-0.4, -0.2) is 17.9 Å². The standard InChI is InChI=1S/C9H13NO/c1-3-4-9(11)7(2)10-8-5-6-8/h1,7-8,10H,4-6H2,2H3. The van der Waals surface area contributed by atoms with E-state index in [2.05, 4.69) is 11.2 Å². The lowest BCUT2D eigenvalue weighted by Gasteiger charge is -2.09. The van der Waals surface area contributed by atoms with Crippen molar-refractivity contribution in [3.63, 3.8) is 0 Å². The molecule has 60 valence electrons. The molecule has 11 heavy (non-hydrogen) atoms. The van der Waals surface area contributed by atoms with Crippen molar-refractivity contribution in [1.29, 1.82) is 0 Å². The van der Waals surface area contributed by atoms with Gasteiger partial charge in [0.2, 0.25) is 0 Å². The van der Waals surface area contributed by atoms with Crippen LogP contribution in [0.25, 0.3) is 0 Å². The highest BCUT2D eigenvalue weighted by atomic mass is 16.1. The van der Waals surface area contributed by atoms with Gasteiger partial charge in [0.15, 0.2) is 5.78 Å². The molecule has 0 bridgehead atoms. The Bertz CT molecular complexity index is 188. The van der Waals surface area contributed by atoms with Crippen molar-refractivity contribution in [3.05, 3.63) is 0 Å². The lowest BCUT2D eigenvalue weighted by atomic mass is 10.1. The van der Waals surface area contributed by atoms with Crippen molar-refractivity contribution in [3.8, 4) is 12.3 Å². The Kier molecular flexibility index (Phi) is 2.67. The minimum absolute atomic E-state index is 0.0569. The largest absolute Gasteiger partial charge is 0.305 e. The fourth-order valence-corrected chi connectivity index (χ4v) is 0.950. The van der Waals surface area contributed by atoms with E-state index in [-0.39, 0.29) is 18.2 Å². The first-order valence-electron chi connectivity index (χ1n) is 3.96. The maximum atomic E-state index is 11.1. The smallest absolute Gasteiger partial charge is 0.161 e. The normalized spacial score (nSPS) is 18.9. The zero-order valence-electron chi connectivity index (χ0n) is 6.76. The molecule has 1 rings (SSSR count). The van der Waals surface area contributed by atoms with Crippen LogP contribution in [0.5, 0.6) is 0 Å². The second-order valence-electron chi connectivity index (χ2n) is 3.01. The van der Waals surface area contributed by atoms with Gasteiger partial charge in [-0.25, -0.2) is 0 Å². The number of hydrogen-bond donors (Lipinski definition) is 1.